The van der Waals surface area contributed by atoms with Gasteiger partial charge in [0.1, 0.15) is 6.54 Å². The highest BCUT2D eigenvalue weighted by Gasteiger charge is 2.10. The van der Waals surface area contributed by atoms with Crippen molar-refractivity contribution in [2.75, 3.05) is 24.2 Å². The first-order chi connectivity index (χ1) is 8.09. The summed E-state index contributed by atoms with van der Waals surface area (Å²) in [6.45, 7) is -0.0616. The third kappa shape index (κ3) is 2.13. The summed E-state index contributed by atoms with van der Waals surface area (Å²) in [5.74, 6) is -0.874. The van der Waals surface area contributed by atoms with E-state index >= 15 is 0 Å². The quantitative estimate of drug-likeness (QED) is 0.779. The van der Waals surface area contributed by atoms with Gasteiger partial charge in [-0.05, 0) is 18.2 Å². The van der Waals surface area contributed by atoms with E-state index < -0.39 is 5.97 Å². The molecule has 17 heavy (non-hydrogen) atoms. The van der Waals surface area contributed by atoms with Crippen molar-refractivity contribution in [2.45, 2.75) is 0 Å². The first-order valence-corrected chi connectivity index (χ1v) is 5.14. The Morgan fingerprint density at radius 1 is 1.41 bits per heavy atom. The number of hydrogen-bond donors (Lipinski definition) is 2. The molecule has 1 aromatic carbocycles. The fourth-order valence-corrected chi connectivity index (χ4v) is 1.82. The van der Waals surface area contributed by atoms with Gasteiger partial charge in [0.05, 0.1) is 0 Å². The lowest BCUT2D eigenvalue weighted by Gasteiger charge is -2.19. The molecule has 0 saturated heterocycles. The molecule has 0 atom stereocenters. The summed E-state index contributed by atoms with van der Waals surface area (Å²) < 4.78 is 0. The highest BCUT2D eigenvalue weighted by atomic mass is 16.4. The monoisotopic (exact) mass is 231 g/mol. The van der Waals surface area contributed by atoms with Crippen molar-refractivity contribution >= 4 is 28.1 Å². The molecular weight excluding hydrogens is 218 g/mol. The molecule has 88 valence electrons. The van der Waals surface area contributed by atoms with Crippen LogP contribution in [0.1, 0.15) is 0 Å². The Kier molecular flexibility index (Phi) is 2.82. The number of likely N-dealkylation sites (N-methyl/N-ethyl adjacent to an activating group) is 1. The van der Waals surface area contributed by atoms with Gasteiger partial charge in [-0.1, -0.05) is 0 Å². The summed E-state index contributed by atoms with van der Waals surface area (Å²) in [5.41, 5.74) is 7.34. The Hall–Kier alpha value is -2.30. The van der Waals surface area contributed by atoms with Crippen molar-refractivity contribution in [1.29, 1.82) is 0 Å². The van der Waals surface area contributed by atoms with Gasteiger partial charge in [-0.3, -0.25) is 9.78 Å². The predicted octanol–water partition coefficient (Wildman–Crippen LogP) is 1.34. The van der Waals surface area contributed by atoms with Crippen molar-refractivity contribution < 1.29 is 9.90 Å². The van der Waals surface area contributed by atoms with Crippen LogP contribution in [-0.2, 0) is 4.79 Å². The Morgan fingerprint density at radius 2 is 2.18 bits per heavy atom. The van der Waals surface area contributed by atoms with Crippen LogP contribution < -0.4 is 10.6 Å². The summed E-state index contributed by atoms with van der Waals surface area (Å²) >= 11 is 0. The fourth-order valence-electron chi connectivity index (χ4n) is 1.82. The van der Waals surface area contributed by atoms with E-state index in [-0.39, 0.29) is 6.54 Å². The minimum atomic E-state index is -0.874. The third-order valence-electron chi connectivity index (χ3n) is 2.61. The highest BCUT2D eigenvalue weighted by Crippen LogP contribution is 2.29. The van der Waals surface area contributed by atoms with Crippen LogP contribution in [0.5, 0.6) is 0 Å². The molecule has 5 nitrogen and oxygen atoms in total. The number of carbonyl (C=O) groups is 1. The van der Waals surface area contributed by atoms with Gasteiger partial charge >= 0.3 is 5.97 Å². The van der Waals surface area contributed by atoms with E-state index in [1.54, 1.807) is 30.4 Å². The van der Waals surface area contributed by atoms with E-state index in [2.05, 4.69) is 4.98 Å². The molecule has 0 amide bonds. The number of nitrogen functional groups attached to an aromatic ring is 1. The molecule has 0 radical (unpaired) electrons. The van der Waals surface area contributed by atoms with Crippen molar-refractivity contribution in [3.05, 3.63) is 30.6 Å². The maximum absolute atomic E-state index is 10.7. The number of aromatic nitrogens is 1. The Bertz CT molecular complexity index is 569. The average molecular weight is 231 g/mol. The zero-order valence-electron chi connectivity index (χ0n) is 9.42. The lowest BCUT2D eigenvalue weighted by molar-refractivity contribution is -0.135. The van der Waals surface area contributed by atoms with Crippen LogP contribution >= 0.6 is 0 Å². The van der Waals surface area contributed by atoms with Gasteiger partial charge in [-0.25, -0.2) is 0 Å². The van der Waals surface area contributed by atoms with E-state index in [0.29, 0.717) is 5.69 Å². The second kappa shape index (κ2) is 4.29. The second-order valence-electron chi connectivity index (χ2n) is 3.84. The maximum atomic E-state index is 10.7. The number of benzene rings is 1. The van der Waals surface area contributed by atoms with Gasteiger partial charge in [0.25, 0.3) is 0 Å². The third-order valence-corrected chi connectivity index (χ3v) is 2.61. The standard InChI is InChI=1S/C12H13N3O2/c1-15(7-12(16)17)11-3-2-10(13)8-4-5-14-6-9(8)11/h2-6H,7,13H2,1H3,(H,16,17). The lowest BCUT2D eigenvalue weighted by atomic mass is 10.1. The van der Waals surface area contributed by atoms with Gasteiger partial charge in [-0.15, -0.1) is 0 Å². The molecular formula is C12H13N3O2. The van der Waals surface area contributed by atoms with E-state index in [1.165, 1.54) is 0 Å². The number of fused-ring (bicyclic) bond motifs is 1. The van der Waals surface area contributed by atoms with Crippen molar-refractivity contribution in [2.24, 2.45) is 0 Å². The summed E-state index contributed by atoms with van der Waals surface area (Å²) in [7, 11) is 1.73. The minimum absolute atomic E-state index is 0.0616. The van der Waals surface area contributed by atoms with E-state index in [9.17, 15) is 4.79 Å². The predicted molar refractivity (Wildman–Crippen MR) is 67.1 cm³/mol. The number of nitrogens with two attached hydrogens (primary N) is 1. The summed E-state index contributed by atoms with van der Waals surface area (Å²) in [6, 6.07) is 5.40. The summed E-state index contributed by atoms with van der Waals surface area (Å²) in [5, 5.41) is 10.5. The van der Waals surface area contributed by atoms with E-state index in [4.69, 9.17) is 10.8 Å². The smallest absolute Gasteiger partial charge is 0.323 e. The Labute approximate surface area is 98.5 Å². The van der Waals surface area contributed by atoms with Crippen molar-refractivity contribution in [3.8, 4) is 0 Å². The van der Waals surface area contributed by atoms with Crippen molar-refractivity contribution in [1.82, 2.24) is 4.98 Å². The molecule has 0 unspecified atom stereocenters. The average Bonchev–Trinajstić information content (AvgIpc) is 2.29. The van der Waals surface area contributed by atoms with Crippen LogP contribution in [-0.4, -0.2) is 29.7 Å². The number of aliphatic carboxylic acids is 1. The molecule has 2 aromatic rings. The molecule has 0 spiro atoms. The number of carboxylic acids is 1. The topological polar surface area (TPSA) is 79.5 Å². The second-order valence-corrected chi connectivity index (χ2v) is 3.84. The normalized spacial score (nSPS) is 10.4. The van der Waals surface area contributed by atoms with Crippen LogP contribution in [0.2, 0.25) is 0 Å². The molecule has 1 aromatic heterocycles. The molecule has 0 aliphatic rings. The minimum Gasteiger partial charge on any atom is -0.480 e. The van der Waals surface area contributed by atoms with Gasteiger partial charge < -0.3 is 15.7 Å². The Morgan fingerprint density at radius 3 is 2.88 bits per heavy atom. The molecule has 0 aliphatic heterocycles. The number of hydrogen-bond acceptors (Lipinski definition) is 4. The molecule has 0 saturated carbocycles. The van der Waals surface area contributed by atoms with E-state index in [1.807, 2.05) is 12.1 Å². The summed E-state index contributed by atoms with van der Waals surface area (Å²) in [6.07, 6.45) is 3.36. The first kappa shape index (κ1) is 11.2. The first-order valence-electron chi connectivity index (χ1n) is 5.14. The number of pyridine rings is 1. The van der Waals surface area contributed by atoms with Crippen LogP contribution in [0.15, 0.2) is 30.6 Å². The Balaban J connectivity index is 2.55. The van der Waals surface area contributed by atoms with Crippen molar-refractivity contribution in [3.63, 3.8) is 0 Å². The molecule has 0 fully saturated rings. The largest absolute Gasteiger partial charge is 0.480 e. The SMILES string of the molecule is CN(CC(=O)O)c1ccc(N)c2ccncc12. The fraction of sp³-hybridized carbons (Fsp3) is 0.167. The lowest BCUT2D eigenvalue weighted by Crippen LogP contribution is -2.25. The van der Waals surface area contributed by atoms with Crippen LogP contribution in [0.25, 0.3) is 10.8 Å². The number of carboxylic acid groups (broad SMARTS) is 1. The molecule has 0 bridgehead atoms. The summed E-state index contributed by atoms with van der Waals surface area (Å²) in [4.78, 5) is 16.4. The van der Waals surface area contributed by atoms with Gasteiger partial charge in [0.15, 0.2) is 0 Å². The van der Waals surface area contributed by atoms with E-state index in [0.717, 1.165) is 16.5 Å². The number of rotatable bonds is 3. The molecule has 1 heterocycles. The highest BCUT2D eigenvalue weighted by molar-refractivity contribution is 6.01. The number of anilines is 2. The maximum Gasteiger partial charge on any atom is 0.323 e. The van der Waals surface area contributed by atoms with Gasteiger partial charge in [0.2, 0.25) is 0 Å². The van der Waals surface area contributed by atoms with Gasteiger partial charge in [-0.2, -0.15) is 0 Å². The zero-order chi connectivity index (χ0) is 12.4. The van der Waals surface area contributed by atoms with Crippen LogP contribution in [0, 0.1) is 0 Å². The molecule has 5 heteroatoms. The molecule has 0 aliphatic carbocycles. The van der Waals surface area contributed by atoms with Crippen LogP contribution in [0.4, 0.5) is 11.4 Å². The molecule has 2 rings (SSSR count). The number of nitrogens with zero attached hydrogens (tertiary/aromatic N) is 2. The van der Waals surface area contributed by atoms with Gasteiger partial charge in [0, 0.05) is 41.6 Å². The zero-order valence-corrected chi connectivity index (χ0v) is 9.42. The molecule has 3 N–H and O–H groups in total. The van der Waals surface area contributed by atoms with Crippen LogP contribution in [0.3, 0.4) is 0 Å².